The maximum Gasteiger partial charge on any atom is 0.111 e. The fraction of sp³-hybridized carbons (Fsp3) is 0.727. The van der Waals surface area contributed by atoms with Crippen molar-refractivity contribution in [2.45, 2.75) is 38.1 Å². The lowest BCUT2D eigenvalue weighted by Gasteiger charge is -2.11. The highest BCUT2D eigenvalue weighted by Gasteiger charge is 2.27. The fourth-order valence-electron chi connectivity index (χ4n) is 2.46. The molecule has 1 aromatic heterocycles. The second-order valence-corrected chi connectivity index (χ2v) is 4.16. The van der Waals surface area contributed by atoms with Crippen LogP contribution in [0.5, 0.6) is 0 Å². The highest BCUT2D eigenvalue weighted by atomic mass is 15.0. The Kier molecular flexibility index (Phi) is 2.87. The van der Waals surface area contributed by atoms with Gasteiger partial charge < -0.3 is 9.88 Å². The largest absolute Gasteiger partial charge is 0.338 e. The standard InChI is InChI=1S/C11H19N3/c1-3-12-10-5-4-9(8-10)11-13-6-7-14(11)2/h6-7,9-10,12H,3-5,8H2,1-2H3. The van der Waals surface area contributed by atoms with Crippen LogP contribution in [0.15, 0.2) is 12.4 Å². The summed E-state index contributed by atoms with van der Waals surface area (Å²) in [6, 6.07) is 0.710. The molecule has 14 heavy (non-hydrogen) atoms. The van der Waals surface area contributed by atoms with Crippen molar-refractivity contribution in [2.75, 3.05) is 6.54 Å². The van der Waals surface area contributed by atoms with Gasteiger partial charge >= 0.3 is 0 Å². The van der Waals surface area contributed by atoms with E-state index in [9.17, 15) is 0 Å². The molecule has 3 heteroatoms. The topological polar surface area (TPSA) is 29.9 Å². The van der Waals surface area contributed by atoms with Crippen molar-refractivity contribution in [1.82, 2.24) is 14.9 Å². The van der Waals surface area contributed by atoms with Gasteiger partial charge in [0, 0.05) is 31.4 Å². The third-order valence-corrected chi connectivity index (χ3v) is 3.15. The van der Waals surface area contributed by atoms with Gasteiger partial charge in [-0.15, -0.1) is 0 Å². The molecule has 2 unspecified atom stereocenters. The number of nitrogens with one attached hydrogen (secondary N) is 1. The first-order valence-corrected chi connectivity index (χ1v) is 5.52. The van der Waals surface area contributed by atoms with Crippen molar-refractivity contribution in [3.63, 3.8) is 0 Å². The number of aromatic nitrogens is 2. The minimum absolute atomic E-state index is 0.666. The van der Waals surface area contributed by atoms with Crippen LogP contribution >= 0.6 is 0 Å². The van der Waals surface area contributed by atoms with E-state index in [0.29, 0.717) is 12.0 Å². The number of nitrogens with zero attached hydrogens (tertiary/aromatic N) is 2. The Hall–Kier alpha value is -0.830. The zero-order chi connectivity index (χ0) is 9.97. The van der Waals surface area contributed by atoms with Crippen LogP contribution in [-0.2, 0) is 7.05 Å². The summed E-state index contributed by atoms with van der Waals surface area (Å²) in [6.07, 6.45) is 7.76. The van der Waals surface area contributed by atoms with Crippen LogP contribution in [-0.4, -0.2) is 22.1 Å². The van der Waals surface area contributed by atoms with Gasteiger partial charge in [-0.1, -0.05) is 6.92 Å². The van der Waals surface area contributed by atoms with Crippen LogP contribution < -0.4 is 5.32 Å². The smallest absolute Gasteiger partial charge is 0.111 e. The summed E-state index contributed by atoms with van der Waals surface area (Å²) in [5.74, 6) is 1.92. The molecule has 2 rings (SSSR count). The summed E-state index contributed by atoms with van der Waals surface area (Å²) in [4.78, 5) is 4.43. The van der Waals surface area contributed by atoms with Gasteiger partial charge in [0.25, 0.3) is 0 Å². The van der Waals surface area contributed by atoms with Crippen LogP contribution in [0.2, 0.25) is 0 Å². The molecular weight excluding hydrogens is 174 g/mol. The maximum atomic E-state index is 4.43. The molecule has 1 N–H and O–H groups in total. The number of imidazole rings is 1. The first kappa shape index (κ1) is 9.71. The van der Waals surface area contributed by atoms with Crippen molar-refractivity contribution in [3.05, 3.63) is 18.2 Å². The number of hydrogen-bond donors (Lipinski definition) is 1. The number of rotatable bonds is 3. The number of hydrogen-bond acceptors (Lipinski definition) is 2. The molecule has 0 amide bonds. The summed E-state index contributed by atoms with van der Waals surface area (Å²) in [5.41, 5.74) is 0. The van der Waals surface area contributed by atoms with Crippen molar-refractivity contribution in [2.24, 2.45) is 7.05 Å². The van der Waals surface area contributed by atoms with Gasteiger partial charge in [-0.25, -0.2) is 4.98 Å². The zero-order valence-electron chi connectivity index (χ0n) is 9.03. The molecule has 1 heterocycles. The molecule has 0 aromatic carbocycles. The average molecular weight is 193 g/mol. The van der Waals surface area contributed by atoms with Crippen molar-refractivity contribution in [3.8, 4) is 0 Å². The highest BCUT2D eigenvalue weighted by Crippen LogP contribution is 2.33. The van der Waals surface area contributed by atoms with E-state index in [2.05, 4.69) is 28.8 Å². The predicted octanol–water partition coefficient (Wildman–Crippen LogP) is 1.67. The lowest BCUT2D eigenvalue weighted by Crippen LogP contribution is -2.25. The van der Waals surface area contributed by atoms with E-state index >= 15 is 0 Å². The maximum absolute atomic E-state index is 4.43. The van der Waals surface area contributed by atoms with Gasteiger partial charge in [-0.2, -0.15) is 0 Å². The molecule has 78 valence electrons. The van der Waals surface area contributed by atoms with Crippen molar-refractivity contribution in [1.29, 1.82) is 0 Å². The quantitative estimate of drug-likeness (QED) is 0.791. The normalized spacial score (nSPS) is 27.0. The third kappa shape index (κ3) is 1.82. The Morgan fingerprint density at radius 2 is 2.43 bits per heavy atom. The Morgan fingerprint density at radius 1 is 1.57 bits per heavy atom. The summed E-state index contributed by atoms with van der Waals surface area (Å²) in [5, 5.41) is 3.52. The molecule has 0 saturated heterocycles. The van der Waals surface area contributed by atoms with Gasteiger partial charge in [0.15, 0.2) is 0 Å². The van der Waals surface area contributed by atoms with Gasteiger partial charge in [-0.3, -0.25) is 0 Å². The first-order valence-electron chi connectivity index (χ1n) is 5.52. The molecule has 0 radical (unpaired) electrons. The predicted molar refractivity (Wildman–Crippen MR) is 57.3 cm³/mol. The summed E-state index contributed by atoms with van der Waals surface area (Å²) in [6.45, 7) is 3.26. The molecule has 1 aliphatic rings. The molecule has 1 aromatic rings. The second-order valence-electron chi connectivity index (χ2n) is 4.16. The molecule has 1 fully saturated rings. The first-order chi connectivity index (χ1) is 6.81. The van der Waals surface area contributed by atoms with Crippen LogP contribution in [0.25, 0.3) is 0 Å². The van der Waals surface area contributed by atoms with E-state index in [1.807, 2.05) is 12.4 Å². The third-order valence-electron chi connectivity index (χ3n) is 3.15. The van der Waals surface area contributed by atoms with E-state index < -0.39 is 0 Å². The van der Waals surface area contributed by atoms with Gasteiger partial charge in [0.1, 0.15) is 5.82 Å². The van der Waals surface area contributed by atoms with Gasteiger partial charge in [-0.05, 0) is 25.8 Å². The van der Waals surface area contributed by atoms with E-state index in [-0.39, 0.29) is 0 Å². The Labute approximate surface area is 85.5 Å². The molecular formula is C11H19N3. The van der Waals surface area contributed by atoms with Crippen molar-refractivity contribution >= 4 is 0 Å². The number of aryl methyl sites for hydroxylation is 1. The van der Waals surface area contributed by atoms with Crippen LogP contribution in [0.1, 0.15) is 37.9 Å². The Bertz CT molecular complexity index is 292. The molecule has 3 nitrogen and oxygen atoms in total. The van der Waals surface area contributed by atoms with Crippen molar-refractivity contribution < 1.29 is 0 Å². The minimum Gasteiger partial charge on any atom is -0.338 e. The fourth-order valence-corrected chi connectivity index (χ4v) is 2.46. The summed E-state index contributed by atoms with van der Waals surface area (Å²) < 4.78 is 2.15. The molecule has 1 aliphatic carbocycles. The van der Waals surface area contributed by atoms with Gasteiger partial charge in [0.2, 0.25) is 0 Å². The van der Waals surface area contributed by atoms with E-state index in [1.54, 1.807) is 0 Å². The van der Waals surface area contributed by atoms with E-state index in [4.69, 9.17) is 0 Å². The molecule has 0 bridgehead atoms. The second kappa shape index (κ2) is 4.13. The molecule has 0 spiro atoms. The van der Waals surface area contributed by atoms with Crippen LogP contribution in [0.3, 0.4) is 0 Å². The van der Waals surface area contributed by atoms with Gasteiger partial charge in [0.05, 0.1) is 0 Å². The molecule has 1 saturated carbocycles. The Morgan fingerprint density at radius 3 is 3.07 bits per heavy atom. The van der Waals surface area contributed by atoms with E-state index in [1.165, 1.54) is 25.1 Å². The lowest BCUT2D eigenvalue weighted by atomic mass is 10.1. The van der Waals surface area contributed by atoms with Crippen LogP contribution in [0.4, 0.5) is 0 Å². The van der Waals surface area contributed by atoms with Crippen LogP contribution in [0, 0.1) is 0 Å². The average Bonchev–Trinajstić information content (AvgIpc) is 2.74. The SMILES string of the molecule is CCNC1CCC(c2nccn2C)C1. The minimum atomic E-state index is 0.666. The van der Waals surface area contributed by atoms with E-state index in [0.717, 1.165) is 6.54 Å². The summed E-state index contributed by atoms with van der Waals surface area (Å²) in [7, 11) is 2.09. The molecule has 2 atom stereocenters. The summed E-state index contributed by atoms with van der Waals surface area (Å²) >= 11 is 0. The lowest BCUT2D eigenvalue weighted by molar-refractivity contribution is 0.527. The Balaban J connectivity index is 1.99. The monoisotopic (exact) mass is 193 g/mol. The molecule has 0 aliphatic heterocycles. The zero-order valence-corrected chi connectivity index (χ0v) is 9.03. The highest BCUT2D eigenvalue weighted by molar-refractivity contribution is 5.04.